The number of thiophene rings is 1. The summed E-state index contributed by atoms with van der Waals surface area (Å²) in [4.78, 5) is 8.55. The van der Waals surface area contributed by atoms with Crippen LogP contribution in [0.15, 0.2) is 96.0 Å². The number of fused-ring (bicyclic) bond motifs is 2. The lowest BCUT2D eigenvalue weighted by Gasteiger charge is -2.10. The molecule has 3 N–H and O–H groups in total. The van der Waals surface area contributed by atoms with E-state index in [1.165, 1.54) is 16.5 Å². The van der Waals surface area contributed by atoms with E-state index in [0.717, 1.165) is 57.0 Å². The summed E-state index contributed by atoms with van der Waals surface area (Å²) in [5, 5.41) is 16.5. The van der Waals surface area contributed by atoms with Gasteiger partial charge in [-0.05, 0) is 83.3 Å². The highest BCUT2D eigenvalue weighted by Gasteiger charge is 2.15. The van der Waals surface area contributed by atoms with Gasteiger partial charge in [0, 0.05) is 22.3 Å². The minimum absolute atomic E-state index is 0.801. The second-order valence-corrected chi connectivity index (χ2v) is 9.04. The van der Waals surface area contributed by atoms with Gasteiger partial charge < -0.3 is 10.3 Å². The van der Waals surface area contributed by atoms with E-state index in [0.29, 0.717) is 0 Å². The van der Waals surface area contributed by atoms with Gasteiger partial charge in [0.15, 0.2) is 0 Å². The Morgan fingerprint density at radius 2 is 2.06 bits per heavy atom. The summed E-state index contributed by atoms with van der Waals surface area (Å²) >= 11 is 1.70. The Hall–Kier alpha value is -4.16. The zero-order valence-corrected chi connectivity index (χ0v) is 20.7. The van der Waals surface area contributed by atoms with Gasteiger partial charge >= 0.3 is 0 Å². The second kappa shape index (κ2) is 9.60. The van der Waals surface area contributed by atoms with Gasteiger partial charge in [-0.3, -0.25) is 5.10 Å². The summed E-state index contributed by atoms with van der Waals surface area (Å²) in [6.45, 7) is 12.0. The molecule has 0 aliphatic rings. The van der Waals surface area contributed by atoms with E-state index in [2.05, 4.69) is 81.7 Å². The first kappa shape index (κ1) is 22.6. The van der Waals surface area contributed by atoms with E-state index < -0.39 is 0 Å². The Kier molecular flexibility index (Phi) is 6.21. The molecule has 5 rings (SSSR count). The Morgan fingerprint density at radius 3 is 2.80 bits per heavy atom. The van der Waals surface area contributed by atoms with Crippen LogP contribution in [0.5, 0.6) is 0 Å². The number of hydrogen-bond acceptors (Lipinski definition) is 4. The summed E-state index contributed by atoms with van der Waals surface area (Å²) < 4.78 is 0. The number of aromatic amines is 2. The SMILES string of the molecule is C=C/C(=C\C(=C/C)c1ccc2[nH]nc(-c3cc4c(-c5ccsc5)cccc4[nH]3)c2n1)NC(=C)CC. The van der Waals surface area contributed by atoms with Gasteiger partial charge in [-0.1, -0.05) is 38.3 Å². The van der Waals surface area contributed by atoms with Crippen molar-refractivity contribution in [3.05, 3.63) is 102 Å². The van der Waals surface area contributed by atoms with Crippen LogP contribution in [0.2, 0.25) is 0 Å². The highest BCUT2D eigenvalue weighted by atomic mass is 32.1. The van der Waals surface area contributed by atoms with Crippen molar-refractivity contribution < 1.29 is 0 Å². The van der Waals surface area contributed by atoms with Crippen LogP contribution in [0.1, 0.15) is 26.0 Å². The molecule has 0 atom stereocenters. The van der Waals surface area contributed by atoms with E-state index in [1.807, 2.05) is 31.2 Å². The van der Waals surface area contributed by atoms with E-state index in [-0.39, 0.29) is 0 Å². The number of allylic oxidation sites excluding steroid dienone is 5. The average molecular weight is 478 g/mol. The molecule has 0 saturated carbocycles. The number of hydrogen-bond donors (Lipinski definition) is 3. The molecule has 1 aromatic carbocycles. The third kappa shape index (κ3) is 4.36. The van der Waals surface area contributed by atoms with Crippen LogP contribution in [-0.4, -0.2) is 20.2 Å². The lowest BCUT2D eigenvalue weighted by atomic mass is 10.0. The Bertz CT molecular complexity index is 1590. The molecule has 174 valence electrons. The summed E-state index contributed by atoms with van der Waals surface area (Å²) in [7, 11) is 0. The molecule has 0 bridgehead atoms. The van der Waals surface area contributed by atoms with Crippen molar-refractivity contribution in [1.82, 2.24) is 25.5 Å². The number of rotatable bonds is 8. The van der Waals surface area contributed by atoms with E-state index in [9.17, 15) is 0 Å². The van der Waals surface area contributed by atoms with Gasteiger partial charge in [-0.15, -0.1) is 0 Å². The Balaban J connectivity index is 1.57. The molecule has 0 aliphatic carbocycles. The third-order valence-electron chi connectivity index (χ3n) is 6.04. The number of nitrogens with one attached hydrogen (secondary N) is 3. The monoisotopic (exact) mass is 477 g/mol. The summed E-state index contributed by atoms with van der Waals surface area (Å²) in [5.74, 6) is 0. The highest BCUT2D eigenvalue weighted by Crippen LogP contribution is 2.34. The molecule has 4 aromatic heterocycles. The largest absolute Gasteiger partial charge is 0.359 e. The van der Waals surface area contributed by atoms with Crippen LogP contribution in [0.3, 0.4) is 0 Å². The molecule has 0 spiro atoms. The van der Waals surface area contributed by atoms with Crippen molar-refractivity contribution in [2.45, 2.75) is 20.3 Å². The highest BCUT2D eigenvalue weighted by molar-refractivity contribution is 7.08. The van der Waals surface area contributed by atoms with Gasteiger partial charge in [0.25, 0.3) is 0 Å². The standard InChI is InChI=1S/C29H27N5S/c1-5-18(4)30-21(7-3)15-19(6-2)24-11-12-26-28(32-24)29(34-33-26)27-16-23-22(20-13-14-35-17-20)9-8-10-25(23)31-27/h6-17,30-31H,3-5H2,1-2H3,(H,33,34)/b19-6+,21-15+. The number of nitrogens with zero attached hydrogens (tertiary/aromatic N) is 2. The van der Waals surface area contributed by atoms with E-state index >= 15 is 0 Å². The van der Waals surface area contributed by atoms with Gasteiger partial charge in [0.05, 0.1) is 16.9 Å². The zero-order valence-electron chi connectivity index (χ0n) is 19.9. The zero-order chi connectivity index (χ0) is 24.4. The number of benzene rings is 1. The van der Waals surface area contributed by atoms with Crippen LogP contribution < -0.4 is 5.32 Å². The molecular weight excluding hydrogens is 450 g/mol. The fourth-order valence-electron chi connectivity index (χ4n) is 4.11. The predicted octanol–water partition coefficient (Wildman–Crippen LogP) is 7.82. The van der Waals surface area contributed by atoms with E-state index in [4.69, 9.17) is 4.98 Å². The summed E-state index contributed by atoms with van der Waals surface area (Å²) in [6.07, 6.45) is 6.72. The second-order valence-electron chi connectivity index (χ2n) is 8.26. The van der Waals surface area contributed by atoms with Crippen molar-refractivity contribution >= 4 is 38.8 Å². The number of aromatic nitrogens is 4. The average Bonchev–Trinajstić information content (AvgIpc) is 3.64. The van der Waals surface area contributed by atoms with Crippen LogP contribution in [0.25, 0.3) is 50.0 Å². The quantitative estimate of drug-likeness (QED) is 0.200. The lowest BCUT2D eigenvalue weighted by molar-refractivity contribution is 0.920. The van der Waals surface area contributed by atoms with Crippen LogP contribution >= 0.6 is 11.3 Å². The predicted molar refractivity (Wildman–Crippen MR) is 149 cm³/mol. The summed E-state index contributed by atoms with van der Waals surface area (Å²) in [5.41, 5.74) is 10.6. The maximum atomic E-state index is 5.00. The molecule has 0 unspecified atom stereocenters. The Morgan fingerprint density at radius 1 is 1.17 bits per heavy atom. The lowest BCUT2D eigenvalue weighted by Crippen LogP contribution is -2.09. The number of pyridine rings is 1. The van der Waals surface area contributed by atoms with Crippen LogP contribution in [0.4, 0.5) is 0 Å². The molecule has 0 radical (unpaired) electrons. The van der Waals surface area contributed by atoms with Gasteiger partial charge in [-0.25, -0.2) is 4.98 Å². The van der Waals surface area contributed by atoms with E-state index in [1.54, 1.807) is 17.4 Å². The molecule has 5 aromatic rings. The first-order valence-corrected chi connectivity index (χ1v) is 12.5. The Labute approximate surface area is 208 Å². The normalized spacial score (nSPS) is 12.4. The number of H-pyrrole nitrogens is 2. The minimum Gasteiger partial charge on any atom is -0.359 e. The third-order valence-corrected chi connectivity index (χ3v) is 6.73. The van der Waals surface area contributed by atoms with Crippen LogP contribution in [-0.2, 0) is 0 Å². The van der Waals surface area contributed by atoms with Crippen LogP contribution in [0, 0.1) is 0 Å². The first-order valence-electron chi connectivity index (χ1n) is 11.6. The minimum atomic E-state index is 0.801. The van der Waals surface area contributed by atoms with Crippen molar-refractivity contribution in [3.8, 4) is 22.5 Å². The topological polar surface area (TPSA) is 69.4 Å². The molecule has 0 amide bonds. The molecule has 4 heterocycles. The summed E-state index contributed by atoms with van der Waals surface area (Å²) in [6, 6.07) is 14.7. The maximum Gasteiger partial charge on any atom is 0.135 e. The van der Waals surface area contributed by atoms with Crippen molar-refractivity contribution in [3.63, 3.8) is 0 Å². The van der Waals surface area contributed by atoms with Gasteiger partial charge in [0.2, 0.25) is 0 Å². The molecule has 6 heteroatoms. The molecule has 0 aliphatic heterocycles. The van der Waals surface area contributed by atoms with Crippen molar-refractivity contribution in [2.75, 3.05) is 0 Å². The maximum absolute atomic E-state index is 5.00. The molecule has 5 nitrogen and oxygen atoms in total. The fraction of sp³-hybridized carbons (Fsp3) is 0.103. The van der Waals surface area contributed by atoms with Crippen molar-refractivity contribution in [1.29, 1.82) is 0 Å². The fourth-order valence-corrected chi connectivity index (χ4v) is 4.77. The smallest absolute Gasteiger partial charge is 0.135 e. The van der Waals surface area contributed by atoms with Gasteiger partial charge in [0.1, 0.15) is 11.2 Å². The molecular formula is C29H27N5S. The molecule has 0 saturated heterocycles. The van der Waals surface area contributed by atoms with Gasteiger partial charge in [-0.2, -0.15) is 16.4 Å². The molecule has 0 fully saturated rings. The van der Waals surface area contributed by atoms with Crippen molar-refractivity contribution in [2.24, 2.45) is 0 Å². The molecule has 35 heavy (non-hydrogen) atoms. The first-order chi connectivity index (χ1) is 17.1.